The molecular formula is C54H40N2. The average molecular weight is 717 g/mol. The Balaban J connectivity index is 0.975. The van der Waals surface area contributed by atoms with E-state index in [0.29, 0.717) is 0 Å². The quantitative estimate of drug-likeness (QED) is 0.162. The van der Waals surface area contributed by atoms with Gasteiger partial charge in [-0.2, -0.15) is 0 Å². The summed E-state index contributed by atoms with van der Waals surface area (Å²) in [5, 5.41) is 5.16. The van der Waals surface area contributed by atoms with Gasteiger partial charge in [-0.25, -0.2) is 0 Å². The molecule has 1 atom stereocenters. The maximum atomic E-state index is 2.54. The Morgan fingerprint density at radius 2 is 1.00 bits per heavy atom. The van der Waals surface area contributed by atoms with Gasteiger partial charge in [-0.05, 0) is 112 Å². The normalized spacial score (nSPS) is 15.7. The summed E-state index contributed by atoms with van der Waals surface area (Å²) in [5.41, 5.74) is 16.5. The Labute approximate surface area is 327 Å². The van der Waals surface area contributed by atoms with E-state index in [0.717, 1.165) is 19.3 Å². The van der Waals surface area contributed by atoms with E-state index in [1.54, 1.807) is 0 Å². The molecule has 2 aliphatic rings. The SMILES string of the molecule is C1=CC(n2c3ccccc3c3cc(-c4ccc5c(c4)c4ccccc4n5C4=CCCC(c5cccc(-c6ccccc6)c5)=C4)ccc32)CC=C1c1ccccc1. The molecule has 1 unspecified atom stereocenters. The monoisotopic (exact) mass is 716 g/mol. The summed E-state index contributed by atoms with van der Waals surface area (Å²) < 4.78 is 5.01. The molecule has 2 heterocycles. The van der Waals surface area contributed by atoms with Gasteiger partial charge in [0.05, 0.1) is 17.1 Å². The maximum absolute atomic E-state index is 2.54. The highest BCUT2D eigenvalue weighted by Crippen LogP contribution is 2.41. The summed E-state index contributed by atoms with van der Waals surface area (Å²) in [6.07, 6.45) is 14.9. The van der Waals surface area contributed by atoms with E-state index in [9.17, 15) is 0 Å². The summed E-state index contributed by atoms with van der Waals surface area (Å²) in [6.45, 7) is 0. The van der Waals surface area contributed by atoms with Crippen LogP contribution < -0.4 is 0 Å². The molecule has 0 spiro atoms. The number of aromatic nitrogens is 2. The van der Waals surface area contributed by atoms with Gasteiger partial charge >= 0.3 is 0 Å². The molecule has 56 heavy (non-hydrogen) atoms. The number of allylic oxidation sites excluding steroid dienone is 8. The molecule has 0 N–H and O–H groups in total. The van der Waals surface area contributed by atoms with Crippen LogP contribution in [0.4, 0.5) is 0 Å². The van der Waals surface area contributed by atoms with Crippen molar-refractivity contribution in [1.29, 1.82) is 0 Å². The summed E-state index contributed by atoms with van der Waals surface area (Å²) in [7, 11) is 0. The minimum absolute atomic E-state index is 0.259. The number of para-hydroxylation sites is 2. The van der Waals surface area contributed by atoms with Gasteiger partial charge in [0.1, 0.15) is 0 Å². The van der Waals surface area contributed by atoms with E-state index >= 15 is 0 Å². The number of benzene rings is 7. The van der Waals surface area contributed by atoms with E-state index in [1.165, 1.54) is 93.8 Å². The van der Waals surface area contributed by atoms with Gasteiger partial charge in [-0.15, -0.1) is 0 Å². The Morgan fingerprint density at radius 1 is 0.429 bits per heavy atom. The Kier molecular flexibility index (Phi) is 7.81. The van der Waals surface area contributed by atoms with Crippen LogP contribution in [0.2, 0.25) is 0 Å². The highest BCUT2D eigenvalue weighted by atomic mass is 15.0. The molecule has 0 fully saturated rings. The standard InChI is InChI=1S/C54H40N2/c1-3-13-37(14-4-1)39-25-29-45(30-26-39)55-51-23-9-7-21-47(51)49-35-43(27-31-53(49)55)44-28-32-54-50(36-44)48-22-8-10-24-52(48)56(54)46-20-12-19-42(34-46)41-18-11-17-40(33-41)38-15-5-2-6-16-38/h1-11,13-18,20-29,31-36,45H,12,19,30H2. The molecule has 0 radical (unpaired) electrons. The minimum Gasteiger partial charge on any atom is -0.333 e. The average Bonchev–Trinajstić information content (AvgIpc) is 3.79. The van der Waals surface area contributed by atoms with Crippen molar-refractivity contribution in [3.8, 4) is 22.3 Å². The lowest BCUT2D eigenvalue weighted by molar-refractivity contribution is 0.649. The molecule has 0 saturated heterocycles. The van der Waals surface area contributed by atoms with Gasteiger partial charge in [0.15, 0.2) is 0 Å². The van der Waals surface area contributed by atoms with Crippen LogP contribution in [0.25, 0.3) is 82.7 Å². The number of hydrogen-bond acceptors (Lipinski definition) is 0. The van der Waals surface area contributed by atoms with Gasteiger partial charge in [0.25, 0.3) is 0 Å². The summed E-state index contributed by atoms with van der Waals surface area (Å²) >= 11 is 0. The third-order valence-corrected chi connectivity index (χ3v) is 11.9. The van der Waals surface area contributed by atoms with Crippen molar-refractivity contribution in [2.24, 2.45) is 0 Å². The van der Waals surface area contributed by atoms with Crippen LogP contribution in [0.15, 0.2) is 200 Å². The van der Waals surface area contributed by atoms with Gasteiger partial charge < -0.3 is 9.13 Å². The number of hydrogen-bond donors (Lipinski definition) is 0. The van der Waals surface area contributed by atoms with Gasteiger partial charge in [-0.1, -0.05) is 152 Å². The van der Waals surface area contributed by atoms with Gasteiger partial charge in [0.2, 0.25) is 0 Å². The van der Waals surface area contributed by atoms with Crippen LogP contribution in [-0.2, 0) is 0 Å². The molecule has 2 aromatic heterocycles. The van der Waals surface area contributed by atoms with E-state index in [4.69, 9.17) is 0 Å². The lowest BCUT2D eigenvalue weighted by Crippen LogP contribution is -2.07. The van der Waals surface area contributed by atoms with Crippen LogP contribution in [0.3, 0.4) is 0 Å². The number of fused-ring (bicyclic) bond motifs is 6. The molecular weight excluding hydrogens is 677 g/mol. The van der Waals surface area contributed by atoms with Crippen molar-refractivity contribution in [3.63, 3.8) is 0 Å². The predicted octanol–water partition coefficient (Wildman–Crippen LogP) is 14.5. The van der Waals surface area contributed by atoms with Gasteiger partial charge in [0, 0.05) is 38.3 Å². The minimum atomic E-state index is 0.259. The van der Waals surface area contributed by atoms with Crippen molar-refractivity contribution in [3.05, 3.63) is 211 Å². The Hall–Kier alpha value is -6.90. The van der Waals surface area contributed by atoms with Crippen molar-refractivity contribution in [1.82, 2.24) is 9.13 Å². The zero-order valence-electron chi connectivity index (χ0n) is 31.1. The van der Waals surface area contributed by atoms with E-state index < -0.39 is 0 Å². The molecule has 9 aromatic rings. The first-order chi connectivity index (χ1) is 27.8. The lowest BCUT2D eigenvalue weighted by Gasteiger charge is -2.21. The smallest absolute Gasteiger partial charge is 0.0560 e. The third-order valence-electron chi connectivity index (χ3n) is 11.9. The predicted molar refractivity (Wildman–Crippen MR) is 238 cm³/mol. The highest BCUT2D eigenvalue weighted by Gasteiger charge is 2.20. The first-order valence-corrected chi connectivity index (χ1v) is 19.8. The molecule has 0 saturated carbocycles. The molecule has 7 aromatic carbocycles. The van der Waals surface area contributed by atoms with Crippen molar-refractivity contribution in [2.45, 2.75) is 25.3 Å². The van der Waals surface area contributed by atoms with Crippen LogP contribution in [0, 0.1) is 0 Å². The van der Waals surface area contributed by atoms with Crippen molar-refractivity contribution >= 4 is 60.5 Å². The topological polar surface area (TPSA) is 9.86 Å². The zero-order chi connectivity index (χ0) is 37.0. The molecule has 0 bridgehead atoms. The molecule has 2 aliphatic carbocycles. The summed E-state index contributed by atoms with van der Waals surface area (Å²) in [4.78, 5) is 0. The summed E-state index contributed by atoms with van der Waals surface area (Å²) in [5.74, 6) is 0. The fourth-order valence-electron chi connectivity index (χ4n) is 9.21. The Bertz CT molecular complexity index is 3090. The Morgan fingerprint density at radius 3 is 1.75 bits per heavy atom. The summed E-state index contributed by atoms with van der Waals surface area (Å²) in [6, 6.07) is 62.6. The van der Waals surface area contributed by atoms with Gasteiger partial charge in [-0.3, -0.25) is 0 Å². The second-order valence-electron chi connectivity index (χ2n) is 15.2. The van der Waals surface area contributed by atoms with E-state index in [1.807, 2.05) is 0 Å². The molecule has 2 nitrogen and oxygen atoms in total. The molecule has 2 heteroatoms. The van der Waals surface area contributed by atoms with E-state index in [2.05, 4.69) is 209 Å². The number of nitrogens with zero attached hydrogens (tertiary/aromatic N) is 2. The molecule has 0 amide bonds. The first-order valence-electron chi connectivity index (χ1n) is 19.8. The largest absolute Gasteiger partial charge is 0.333 e. The van der Waals surface area contributed by atoms with Crippen molar-refractivity contribution < 1.29 is 0 Å². The lowest BCUT2D eigenvalue weighted by atomic mass is 9.93. The fourth-order valence-corrected chi connectivity index (χ4v) is 9.21. The van der Waals surface area contributed by atoms with E-state index in [-0.39, 0.29) is 6.04 Å². The second-order valence-corrected chi connectivity index (χ2v) is 15.2. The van der Waals surface area contributed by atoms with Crippen LogP contribution >= 0.6 is 0 Å². The molecule has 0 aliphatic heterocycles. The zero-order valence-corrected chi connectivity index (χ0v) is 31.1. The van der Waals surface area contributed by atoms with Crippen LogP contribution in [0.5, 0.6) is 0 Å². The highest BCUT2D eigenvalue weighted by molar-refractivity contribution is 6.13. The third kappa shape index (κ3) is 5.48. The van der Waals surface area contributed by atoms with Crippen LogP contribution in [0.1, 0.15) is 36.4 Å². The molecule has 11 rings (SSSR count). The number of rotatable bonds is 6. The maximum Gasteiger partial charge on any atom is 0.0560 e. The second kappa shape index (κ2) is 13.4. The first kappa shape index (κ1) is 32.5. The molecule has 266 valence electrons. The van der Waals surface area contributed by atoms with Crippen LogP contribution in [-0.4, -0.2) is 9.13 Å². The fraction of sp³-hybridized carbons (Fsp3) is 0.0741. The van der Waals surface area contributed by atoms with Crippen molar-refractivity contribution in [2.75, 3.05) is 0 Å².